The molecule has 4 nitrogen and oxygen atoms in total. The highest BCUT2D eigenvalue weighted by Gasteiger charge is 2.11. The van der Waals surface area contributed by atoms with Crippen molar-refractivity contribution in [2.75, 3.05) is 0 Å². The van der Waals surface area contributed by atoms with Gasteiger partial charge in [0.2, 0.25) is 0 Å². The summed E-state index contributed by atoms with van der Waals surface area (Å²) in [5.41, 5.74) is 0. The maximum Gasteiger partial charge on any atom is 0.192 e. The van der Waals surface area contributed by atoms with Crippen LogP contribution in [0.3, 0.4) is 0 Å². The molecular weight excluding hydrogens is 176 g/mol. The molecule has 0 unspecified atom stereocenters. The maximum absolute atomic E-state index is 8.46. The Morgan fingerprint density at radius 3 is 2.17 bits per heavy atom. The fourth-order valence-electron chi connectivity index (χ4n) is 0.616. The van der Waals surface area contributed by atoms with Crippen molar-refractivity contribution in [2.45, 2.75) is 5.92 Å². The number of rotatable bonds is 1. The summed E-state index contributed by atoms with van der Waals surface area (Å²) in [4.78, 5) is 7.46. The number of nitriles is 2. The molecule has 5 heteroatoms. The lowest BCUT2D eigenvalue weighted by Crippen LogP contribution is -1.98. The number of hydrogen-bond donors (Lipinski definition) is 0. The molecule has 1 heterocycles. The van der Waals surface area contributed by atoms with Crippen molar-refractivity contribution < 1.29 is 0 Å². The summed E-state index contributed by atoms with van der Waals surface area (Å²) in [5.74, 6) is -0.730. The van der Waals surface area contributed by atoms with Crippen LogP contribution in [-0.2, 0) is 0 Å². The Hall–Kier alpha value is -1.65. The molecule has 0 N–H and O–H groups in total. The molecule has 0 bridgehead atoms. The summed E-state index contributed by atoms with van der Waals surface area (Å²) < 4.78 is 0. The Bertz CT molecular complexity index is 331. The summed E-state index contributed by atoms with van der Waals surface area (Å²) in [6, 6.07) is 3.52. The van der Waals surface area contributed by atoms with Crippen molar-refractivity contribution in [3.8, 4) is 12.1 Å². The predicted octanol–water partition coefficient (Wildman–Crippen LogP) is 1.26. The van der Waals surface area contributed by atoms with E-state index >= 15 is 0 Å². The zero-order valence-corrected chi connectivity index (χ0v) is 6.65. The van der Waals surface area contributed by atoms with Gasteiger partial charge in [-0.15, -0.1) is 0 Å². The normalized spacial score (nSPS) is 9.00. The first-order chi connectivity index (χ1) is 5.77. The third-order valence-electron chi connectivity index (χ3n) is 1.16. The average Bonchev–Trinajstić information content (AvgIpc) is 2.10. The number of hydrogen-bond acceptors (Lipinski definition) is 4. The quantitative estimate of drug-likeness (QED) is 0.649. The number of aromatic nitrogens is 2. The molecule has 0 saturated carbocycles. The lowest BCUT2D eigenvalue weighted by atomic mass is 10.2. The molecule has 0 saturated heterocycles. The molecule has 0 aliphatic heterocycles. The average molecular weight is 179 g/mol. The topological polar surface area (TPSA) is 73.4 Å². The second kappa shape index (κ2) is 3.66. The van der Waals surface area contributed by atoms with Crippen molar-refractivity contribution in [3.63, 3.8) is 0 Å². The van der Waals surface area contributed by atoms with Crippen LogP contribution in [0.25, 0.3) is 0 Å². The highest BCUT2D eigenvalue weighted by molar-refractivity contribution is 6.30. The lowest BCUT2D eigenvalue weighted by molar-refractivity contribution is 0.924. The molecule has 0 aliphatic rings. The molecule has 0 aromatic carbocycles. The number of halogens is 1. The van der Waals surface area contributed by atoms with Gasteiger partial charge < -0.3 is 0 Å². The second-order valence-corrected chi connectivity index (χ2v) is 2.39. The molecule has 1 aromatic heterocycles. The molecule has 58 valence electrons. The smallest absolute Gasteiger partial charge is 0.192 e. The highest BCUT2D eigenvalue weighted by atomic mass is 35.5. The van der Waals surface area contributed by atoms with E-state index in [0.29, 0.717) is 5.02 Å². The van der Waals surface area contributed by atoms with Crippen LogP contribution in [0.5, 0.6) is 0 Å². The molecule has 0 spiro atoms. The first-order valence-electron chi connectivity index (χ1n) is 3.04. The van der Waals surface area contributed by atoms with Gasteiger partial charge in [-0.1, -0.05) is 11.6 Å². The predicted molar refractivity (Wildman–Crippen MR) is 41.0 cm³/mol. The van der Waals surface area contributed by atoms with Gasteiger partial charge in [-0.2, -0.15) is 10.5 Å². The zero-order chi connectivity index (χ0) is 8.97. The first-order valence-corrected chi connectivity index (χ1v) is 3.42. The summed E-state index contributed by atoms with van der Waals surface area (Å²) in [6.07, 6.45) is 2.71. The van der Waals surface area contributed by atoms with E-state index in [1.165, 1.54) is 12.4 Å². The lowest BCUT2D eigenvalue weighted by Gasteiger charge is -1.96. The highest BCUT2D eigenvalue weighted by Crippen LogP contribution is 2.09. The molecule has 0 fully saturated rings. The van der Waals surface area contributed by atoms with Crippen molar-refractivity contribution >= 4 is 11.6 Å². The van der Waals surface area contributed by atoms with Gasteiger partial charge in [0.25, 0.3) is 0 Å². The van der Waals surface area contributed by atoms with Crippen LogP contribution >= 0.6 is 11.6 Å². The molecule has 1 aromatic rings. The largest absolute Gasteiger partial charge is 0.237 e. The van der Waals surface area contributed by atoms with Gasteiger partial charge in [-0.3, -0.25) is 0 Å². The van der Waals surface area contributed by atoms with E-state index in [2.05, 4.69) is 9.97 Å². The Balaban J connectivity index is 2.99. The fourth-order valence-corrected chi connectivity index (χ4v) is 0.713. The van der Waals surface area contributed by atoms with Gasteiger partial charge >= 0.3 is 0 Å². The maximum atomic E-state index is 8.46. The third-order valence-corrected chi connectivity index (χ3v) is 1.35. The van der Waals surface area contributed by atoms with E-state index in [9.17, 15) is 0 Å². The van der Waals surface area contributed by atoms with Crippen LogP contribution in [0, 0.1) is 22.7 Å². The van der Waals surface area contributed by atoms with Crippen LogP contribution in [0.4, 0.5) is 0 Å². The molecule has 1 rings (SSSR count). The SMILES string of the molecule is N#CC(C#N)c1ncc(Cl)cn1. The molecule has 0 atom stereocenters. The van der Waals surface area contributed by atoms with E-state index in [4.69, 9.17) is 22.1 Å². The Morgan fingerprint density at radius 2 is 1.75 bits per heavy atom. The Morgan fingerprint density at radius 1 is 1.25 bits per heavy atom. The standard InChI is InChI=1S/C7H3ClN4/c8-6-3-11-7(12-4-6)5(1-9)2-10/h3-5H. The van der Waals surface area contributed by atoms with Crippen molar-refractivity contribution in [3.05, 3.63) is 23.2 Å². The minimum absolute atomic E-state index is 0.185. The first kappa shape index (κ1) is 8.45. The van der Waals surface area contributed by atoms with E-state index in [1.54, 1.807) is 12.1 Å². The van der Waals surface area contributed by atoms with E-state index < -0.39 is 5.92 Å². The van der Waals surface area contributed by atoms with Crippen LogP contribution < -0.4 is 0 Å². The molecule has 12 heavy (non-hydrogen) atoms. The van der Waals surface area contributed by atoms with E-state index in [1.807, 2.05) is 0 Å². The summed E-state index contributed by atoms with van der Waals surface area (Å²) in [6.45, 7) is 0. The van der Waals surface area contributed by atoms with Gasteiger partial charge in [0, 0.05) is 12.4 Å². The van der Waals surface area contributed by atoms with E-state index in [0.717, 1.165) is 0 Å². The van der Waals surface area contributed by atoms with Crippen LogP contribution in [0.1, 0.15) is 11.7 Å². The fraction of sp³-hybridized carbons (Fsp3) is 0.143. The minimum atomic E-state index is -0.915. The van der Waals surface area contributed by atoms with Crippen LogP contribution in [0.2, 0.25) is 5.02 Å². The molecule has 0 radical (unpaired) electrons. The van der Waals surface area contributed by atoms with Gasteiger partial charge in [0.15, 0.2) is 11.7 Å². The second-order valence-electron chi connectivity index (χ2n) is 1.95. The Kier molecular flexibility index (Phi) is 2.57. The van der Waals surface area contributed by atoms with Crippen LogP contribution in [-0.4, -0.2) is 9.97 Å². The third kappa shape index (κ3) is 1.69. The van der Waals surface area contributed by atoms with Gasteiger partial charge in [0.1, 0.15) is 0 Å². The van der Waals surface area contributed by atoms with Gasteiger partial charge in [-0.25, -0.2) is 9.97 Å². The van der Waals surface area contributed by atoms with Crippen molar-refractivity contribution in [1.29, 1.82) is 10.5 Å². The summed E-state index contributed by atoms with van der Waals surface area (Å²) in [5, 5.41) is 17.3. The summed E-state index contributed by atoms with van der Waals surface area (Å²) in [7, 11) is 0. The minimum Gasteiger partial charge on any atom is -0.237 e. The van der Waals surface area contributed by atoms with Crippen molar-refractivity contribution in [1.82, 2.24) is 9.97 Å². The summed E-state index contributed by atoms with van der Waals surface area (Å²) >= 11 is 5.51. The van der Waals surface area contributed by atoms with Crippen LogP contribution in [0.15, 0.2) is 12.4 Å². The van der Waals surface area contributed by atoms with Gasteiger partial charge in [-0.05, 0) is 0 Å². The molecular formula is C7H3ClN4. The molecule has 0 aliphatic carbocycles. The number of nitrogens with zero attached hydrogens (tertiary/aromatic N) is 4. The van der Waals surface area contributed by atoms with E-state index in [-0.39, 0.29) is 5.82 Å². The zero-order valence-electron chi connectivity index (χ0n) is 5.90. The Labute approximate surface area is 74.1 Å². The molecule has 0 amide bonds. The van der Waals surface area contributed by atoms with Gasteiger partial charge in [0.05, 0.1) is 17.2 Å². The monoisotopic (exact) mass is 178 g/mol. The van der Waals surface area contributed by atoms with Crippen molar-refractivity contribution in [2.24, 2.45) is 0 Å².